The predicted octanol–water partition coefficient (Wildman–Crippen LogP) is -0.519. The van der Waals surface area contributed by atoms with Crippen molar-refractivity contribution in [3.05, 3.63) is 12.2 Å². The Morgan fingerprint density at radius 2 is 2.15 bits per heavy atom. The summed E-state index contributed by atoms with van der Waals surface area (Å²) in [7, 11) is 0. The van der Waals surface area contributed by atoms with Crippen LogP contribution in [0.3, 0.4) is 0 Å². The number of amides is 1. The van der Waals surface area contributed by atoms with Crippen LogP contribution in [0.5, 0.6) is 0 Å². The molecule has 0 rings (SSSR count). The summed E-state index contributed by atoms with van der Waals surface area (Å²) in [4.78, 5) is 21.1. The molecule has 74 valence electrons. The molecule has 0 aliphatic carbocycles. The van der Waals surface area contributed by atoms with Crippen molar-refractivity contribution in [1.82, 2.24) is 5.32 Å². The molecule has 0 spiro atoms. The van der Waals surface area contributed by atoms with Gasteiger partial charge < -0.3 is 16.2 Å². The molecule has 1 atom stereocenters. The number of carboxylic acids is 1. The van der Waals surface area contributed by atoms with Crippen LogP contribution >= 0.6 is 0 Å². The molecule has 5 nitrogen and oxygen atoms in total. The number of aliphatic carboxylic acids is 1. The zero-order chi connectivity index (χ0) is 10.3. The lowest BCUT2D eigenvalue weighted by Gasteiger charge is -2.09. The van der Waals surface area contributed by atoms with Gasteiger partial charge in [0.1, 0.15) is 6.04 Å². The van der Waals surface area contributed by atoms with E-state index in [1.807, 2.05) is 0 Å². The van der Waals surface area contributed by atoms with Crippen LogP contribution in [0.1, 0.15) is 13.3 Å². The molecule has 0 aromatic rings. The van der Waals surface area contributed by atoms with Crippen molar-refractivity contribution < 1.29 is 14.7 Å². The third-order valence-electron chi connectivity index (χ3n) is 1.35. The van der Waals surface area contributed by atoms with E-state index < -0.39 is 12.0 Å². The SMILES string of the molecule is CC(=O)NC(C/C=C/CN)C(=O)O. The van der Waals surface area contributed by atoms with Crippen LogP contribution in [-0.4, -0.2) is 29.6 Å². The van der Waals surface area contributed by atoms with Gasteiger partial charge in [0.05, 0.1) is 0 Å². The Hall–Kier alpha value is -1.36. The average Bonchev–Trinajstić information content (AvgIpc) is 2.02. The van der Waals surface area contributed by atoms with Crippen LogP contribution in [0.15, 0.2) is 12.2 Å². The summed E-state index contributed by atoms with van der Waals surface area (Å²) < 4.78 is 0. The fraction of sp³-hybridized carbons (Fsp3) is 0.500. The highest BCUT2D eigenvalue weighted by Gasteiger charge is 2.15. The van der Waals surface area contributed by atoms with Crippen molar-refractivity contribution in [3.8, 4) is 0 Å². The smallest absolute Gasteiger partial charge is 0.326 e. The second kappa shape index (κ2) is 6.19. The van der Waals surface area contributed by atoms with E-state index >= 15 is 0 Å². The number of hydrogen-bond acceptors (Lipinski definition) is 3. The Bertz CT molecular complexity index is 213. The molecule has 5 heteroatoms. The maximum Gasteiger partial charge on any atom is 0.326 e. The molecule has 0 bridgehead atoms. The fourth-order valence-corrected chi connectivity index (χ4v) is 0.795. The highest BCUT2D eigenvalue weighted by atomic mass is 16.4. The first-order chi connectivity index (χ1) is 6.07. The Balaban J connectivity index is 4.02. The largest absolute Gasteiger partial charge is 0.480 e. The fourth-order valence-electron chi connectivity index (χ4n) is 0.795. The minimum Gasteiger partial charge on any atom is -0.480 e. The van der Waals surface area contributed by atoms with E-state index in [-0.39, 0.29) is 12.3 Å². The lowest BCUT2D eigenvalue weighted by Crippen LogP contribution is -2.39. The molecule has 13 heavy (non-hydrogen) atoms. The van der Waals surface area contributed by atoms with Gasteiger partial charge in [-0.1, -0.05) is 12.2 Å². The summed E-state index contributed by atoms with van der Waals surface area (Å²) in [5.41, 5.74) is 5.17. The third-order valence-corrected chi connectivity index (χ3v) is 1.35. The zero-order valence-electron chi connectivity index (χ0n) is 7.49. The number of nitrogens with one attached hydrogen (secondary N) is 1. The molecule has 0 aromatic carbocycles. The normalized spacial score (nSPS) is 12.8. The molecule has 0 aliphatic heterocycles. The van der Waals surface area contributed by atoms with Crippen LogP contribution in [0.25, 0.3) is 0 Å². The van der Waals surface area contributed by atoms with Gasteiger partial charge in [0.2, 0.25) is 5.91 Å². The summed E-state index contributed by atoms with van der Waals surface area (Å²) in [6, 6.07) is -0.861. The predicted molar refractivity (Wildman–Crippen MR) is 48.1 cm³/mol. The minimum absolute atomic E-state index is 0.256. The molecule has 4 N–H and O–H groups in total. The molecule has 0 aromatic heterocycles. The number of rotatable bonds is 5. The Morgan fingerprint density at radius 3 is 2.54 bits per heavy atom. The highest BCUT2D eigenvalue weighted by molar-refractivity contribution is 5.82. The molecule has 0 aliphatic rings. The maximum atomic E-state index is 10.6. The summed E-state index contributed by atoms with van der Waals surface area (Å²) in [5, 5.41) is 10.9. The van der Waals surface area contributed by atoms with Gasteiger partial charge in [0.15, 0.2) is 0 Å². The van der Waals surface area contributed by atoms with Crippen molar-refractivity contribution in [2.24, 2.45) is 5.73 Å². The van der Waals surface area contributed by atoms with Crippen molar-refractivity contribution in [1.29, 1.82) is 0 Å². The molecule has 0 fully saturated rings. The monoisotopic (exact) mass is 186 g/mol. The lowest BCUT2D eigenvalue weighted by molar-refractivity contribution is -0.141. The van der Waals surface area contributed by atoms with Crippen molar-refractivity contribution in [3.63, 3.8) is 0 Å². The molecule has 1 amide bonds. The first-order valence-electron chi connectivity index (χ1n) is 3.93. The van der Waals surface area contributed by atoms with Crippen molar-refractivity contribution in [2.75, 3.05) is 6.54 Å². The van der Waals surface area contributed by atoms with E-state index in [1.54, 1.807) is 12.2 Å². The Labute approximate surface area is 76.6 Å². The average molecular weight is 186 g/mol. The van der Waals surface area contributed by atoms with E-state index in [2.05, 4.69) is 5.32 Å². The minimum atomic E-state index is -1.04. The maximum absolute atomic E-state index is 10.6. The first-order valence-corrected chi connectivity index (χ1v) is 3.93. The van der Waals surface area contributed by atoms with Gasteiger partial charge in [-0.3, -0.25) is 4.79 Å². The van der Waals surface area contributed by atoms with E-state index in [9.17, 15) is 9.59 Å². The van der Waals surface area contributed by atoms with E-state index in [1.165, 1.54) is 6.92 Å². The molecule has 0 saturated heterocycles. The van der Waals surface area contributed by atoms with Crippen LogP contribution < -0.4 is 11.1 Å². The first kappa shape index (κ1) is 11.6. The van der Waals surface area contributed by atoms with Crippen LogP contribution in [0.4, 0.5) is 0 Å². The molecule has 0 radical (unpaired) electrons. The van der Waals surface area contributed by atoms with Crippen LogP contribution in [-0.2, 0) is 9.59 Å². The third kappa shape index (κ3) is 5.86. The van der Waals surface area contributed by atoms with Gasteiger partial charge in [0, 0.05) is 13.5 Å². The summed E-state index contributed by atoms with van der Waals surface area (Å²) >= 11 is 0. The number of carbonyl (C=O) groups is 2. The lowest BCUT2D eigenvalue weighted by atomic mass is 10.2. The molecular weight excluding hydrogens is 172 g/mol. The zero-order valence-corrected chi connectivity index (χ0v) is 7.49. The quantitative estimate of drug-likeness (QED) is 0.504. The van der Waals surface area contributed by atoms with Gasteiger partial charge in [-0.25, -0.2) is 4.79 Å². The van der Waals surface area contributed by atoms with Crippen LogP contribution in [0, 0.1) is 0 Å². The molecule has 0 saturated carbocycles. The molecule has 0 heterocycles. The van der Waals surface area contributed by atoms with Crippen molar-refractivity contribution in [2.45, 2.75) is 19.4 Å². The summed E-state index contributed by atoms with van der Waals surface area (Å²) in [6.07, 6.45) is 3.54. The second-order valence-electron chi connectivity index (χ2n) is 2.53. The number of carbonyl (C=O) groups excluding carboxylic acids is 1. The summed E-state index contributed by atoms with van der Waals surface area (Å²) in [5.74, 6) is -1.40. The number of hydrogen-bond donors (Lipinski definition) is 3. The summed E-state index contributed by atoms with van der Waals surface area (Å²) in [6.45, 7) is 1.65. The van der Waals surface area contributed by atoms with Gasteiger partial charge >= 0.3 is 5.97 Å². The Kier molecular flexibility index (Phi) is 5.54. The van der Waals surface area contributed by atoms with Crippen molar-refractivity contribution >= 4 is 11.9 Å². The van der Waals surface area contributed by atoms with Gasteiger partial charge in [-0.05, 0) is 6.42 Å². The van der Waals surface area contributed by atoms with Crippen LogP contribution in [0.2, 0.25) is 0 Å². The van der Waals surface area contributed by atoms with Gasteiger partial charge in [-0.15, -0.1) is 0 Å². The standard InChI is InChI=1S/C8H14N2O3/c1-6(11)10-7(8(12)13)4-2-3-5-9/h2-3,7H,4-5,9H2,1H3,(H,10,11)(H,12,13)/b3-2+. The number of carboxylic acid groups (broad SMARTS) is 1. The van der Waals surface area contributed by atoms with Gasteiger partial charge in [0.25, 0.3) is 0 Å². The topological polar surface area (TPSA) is 92.4 Å². The Morgan fingerprint density at radius 1 is 1.54 bits per heavy atom. The second-order valence-corrected chi connectivity index (χ2v) is 2.53. The number of nitrogens with two attached hydrogens (primary N) is 1. The van der Waals surface area contributed by atoms with E-state index in [0.717, 1.165) is 0 Å². The molecular formula is C8H14N2O3. The highest BCUT2D eigenvalue weighted by Crippen LogP contribution is 1.93. The van der Waals surface area contributed by atoms with Gasteiger partial charge in [-0.2, -0.15) is 0 Å². The van der Waals surface area contributed by atoms with E-state index in [0.29, 0.717) is 6.54 Å². The van der Waals surface area contributed by atoms with E-state index in [4.69, 9.17) is 10.8 Å². The molecule has 1 unspecified atom stereocenters.